The lowest BCUT2D eigenvalue weighted by atomic mass is 10.1. The lowest BCUT2D eigenvalue weighted by Crippen LogP contribution is -2.50. The van der Waals surface area contributed by atoms with E-state index >= 15 is 0 Å². The van der Waals surface area contributed by atoms with Crippen molar-refractivity contribution in [2.75, 3.05) is 39.8 Å². The van der Waals surface area contributed by atoms with E-state index in [0.717, 1.165) is 91.6 Å². The van der Waals surface area contributed by atoms with E-state index in [1.165, 1.54) is 11.3 Å². The molecule has 5 rings (SSSR count). The van der Waals surface area contributed by atoms with Crippen molar-refractivity contribution in [2.45, 2.75) is 47.1 Å². The Kier molecular flexibility index (Phi) is 8.02. The Balaban J connectivity index is 1.37. The molecule has 1 fully saturated rings. The number of hydrogen-bond donors (Lipinski definition) is 0. The Morgan fingerprint density at radius 3 is 2.38 bits per heavy atom. The van der Waals surface area contributed by atoms with E-state index < -0.39 is 0 Å². The number of amides is 1. The minimum atomic E-state index is 0.0545. The first-order valence-corrected chi connectivity index (χ1v) is 13.9. The molecular formula is C31H39N5O3. The van der Waals surface area contributed by atoms with Gasteiger partial charge in [-0.25, -0.2) is 4.98 Å². The standard InChI is InChI=1S/C31H39N5O3/c1-21(2)31(37)35-17-14-34(15-18-35)16-19-36-25(9-6-24-7-10-26(38-5)11-8-24)20-28-29(36)13-12-27(32-28)30-22(3)33-39-23(30)4/h7-8,10-13,20-21H,6,9,14-19H2,1-5H3. The molecule has 0 unspecified atom stereocenters. The molecule has 0 N–H and O–H groups in total. The monoisotopic (exact) mass is 529 g/mol. The number of aryl methyl sites for hydroxylation is 4. The number of ether oxygens (including phenoxy) is 1. The molecule has 3 aromatic heterocycles. The number of nitrogens with zero attached hydrogens (tertiary/aromatic N) is 5. The molecule has 1 aliphatic rings. The van der Waals surface area contributed by atoms with E-state index in [0.29, 0.717) is 0 Å². The predicted octanol–water partition coefficient (Wildman–Crippen LogP) is 4.90. The summed E-state index contributed by atoms with van der Waals surface area (Å²) in [5.41, 5.74) is 7.41. The fourth-order valence-corrected chi connectivity index (χ4v) is 5.51. The quantitative estimate of drug-likeness (QED) is 0.307. The van der Waals surface area contributed by atoms with Gasteiger partial charge in [0.1, 0.15) is 11.5 Å². The zero-order valence-electron chi connectivity index (χ0n) is 23.7. The molecule has 1 saturated heterocycles. The van der Waals surface area contributed by atoms with Crippen molar-refractivity contribution in [3.05, 3.63) is 65.2 Å². The lowest BCUT2D eigenvalue weighted by molar-refractivity contribution is -0.136. The molecule has 4 aromatic rings. The van der Waals surface area contributed by atoms with Gasteiger partial charge in [-0.05, 0) is 62.6 Å². The highest BCUT2D eigenvalue weighted by atomic mass is 16.5. The van der Waals surface area contributed by atoms with Gasteiger partial charge in [0.25, 0.3) is 0 Å². The summed E-state index contributed by atoms with van der Waals surface area (Å²) >= 11 is 0. The fourth-order valence-electron chi connectivity index (χ4n) is 5.51. The maximum atomic E-state index is 12.4. The van der Waals surface area contributed by atoms with Crippen molar-refractivity contribution in [2.24, 2.45) is 5.92 Å². The Morgan fingerprint density at radius 1 is 1.00 bits per heavy atom. The molecule has 0 bridgehead atoms. The second kappa shape index (κ2) is 11.6. The van der Waals surface area contributed by atoms with Crippen LogP contribution in [0.15, 0.2) is 47.0 Å². The van der Waals surface area contributed by atoms with Gasteiger partial charge in [0.05, 0.1) is 35.1 Å². The summed E-state index contributed by atoms with van der Waals surface area (Å²) in [4.78, 5) is 21.9. The van der Waals surface area contributed by atoms with Crippen LogP contribution in [-0.2, 0) is 24.2 Å². The Labute approximate surface area is 230 Å². The second-order valence-corrected chi connectivity index (χ2v) is 10.8. The maximum Gasteiger partial charge on any atom is 0.225 e. The van der Waals surface area contributed by atoms with Crippen LogP contribution in [0.3, 0.4) is 0 Å². The zero-order chi connectivity index (χ0) is 27.5. The van der Waals surface area contributed by atoms with E-state index in [4.69, 9.17) is 14.2 Å². The summed E-state index contributed by atoms with van der Waals surface area (Å²) in [5.74, 6) is 1.97. The first kappa shape index (κ1) is 26.9. The second-order valence-electron chi connectivity index (χ2n) is 10.8. The lowest BCUT2D eigenvalue weighted by Gasteiger charge is -2.35. The number of carbonyl (C=O) groups is 1. The van der Waals surface area contributed by atoms with E-state index in [9.17, 15) is 4.79 Å². The third kappa shape index (κ3) is 5.86. The SMILES string of the molecule is COc1ccc(CCc2cc3nc(-c4c(C)noc4C)ccc3n2CCN2CCN(C(=O)C(C)C)CC2)cc1. The summed E-state index contributed by atoms with van der Waals surface area (Å²) in [7, 11) is 1.69. The van der Waals surface area contributed by atoms with Gasteiger partial charge in [-0.3, -0.25) is 9.69 Å². The number of pyridine rings is 1. The van der Waals surface area contributed by atoms with E-state index in [2.05, 4.69) is 45.0 Å². The summed E-state index contributed by atoms with van der Waals surface area (Å²) < 4.78 is 13.1. The minimum Gasteiger partial charge on any atom is -0.497 e. The van der Waals surface area contributed by atoms with Gasteiger partial charge >= 0.3 is 0 Å². The third-order valence-corrected chi connectivity index (χ3v) is 7.78. The van der Waals surface area contributed by atoms with Crippen LogP contribution < -0.4 is 4.74 Å². The van der Waals surface area contributed by atoms with E-state index in [1.54, 1.807) is 7.11 Å². The van der Waals surface area contributed by atoms with Crippen LogP contribution in [0.2, 0.25) is 0 Å². The summed E-state index contributed by atoms with van der Waals surface area (Å²) in [5, 5.41) is 4.12. The third-order valence-electron chi connectivity index (χ3n) is 7.78. The summed E-state index contributed by atoms with van der Waals surface area (Å²) in [6.45, 7) is 13.1. The van der Waals surface area contributed by atoms with Crippen LogP contribution in [0, 0.1) is 19.8 Å². The summed E-state index contributed by atoms with van der Waals surface area (Å²) in [6, 6.07) is 14.8. The smallest absolute Gasteiger partial charge is 0.225 e. The van der Waals surface area contributed by atoms with Crippen LogP contribution in [0.5, 0.6) is 5.75 Å². The molecule has 0 saturated carbocycles. The van der Waals surface area contributed by atoms with Crippen LogP contribution >= 0.6 is 0 Å². The Morgan fingerprint density at radius 2 is 1.74 bits per heavy atom. The Hall–Kier alpha value is -3.65. The number of rotatable bonds is 9. The van der Waals surface area contributed by atoms with Crippen molar-refractivity contribution >= 4 is 16.9 Å². The molecular weight excluding hydrogens is 490 g/mol. The molecule has 0 spiro atoms. The van der Waals surface area contributed by atoms with Crippen molar-refractivity contribution in [3.8, 4) is 17.0 Å². The number of aromatic nitrogens is 3. The number of carbonyl (C=O) groups excluding carboxylic acids is 1. The molecule has 0 aliphatic carbocycles. The van der Waals surface area contributed by atoms with Crippen LogP contribution in [0.25, 0.3) is 22.3 Å². The number of fused-ring (bicyclic) bond motifs is 1. The van der Waals surface area contributed by atoms with Crippen LogP contribution in [0.4, 0.5) is 0 Å². The van der Waals surface area contributed by atoms with Crippen molar-refractivity contribution < 1.29 is 14.1 Å². The number of hydrogen-bond acceptors (Lipinski definition) is 6. The first-order valence-electron chi connectivity index (χ1n) is 13.9. The molecule has 4 heterocycles. The van der Waals surface area contributed by atoms with Crippen molar-refractivity contribution in [3.63, 3.8) is 0 Å². The van der Waals surface area contributed by atoms with Crippen molar-refractivity contribution in [1.29, 1.82) is 0 Å². The topological polar surface area (TPSA) is 76.6 Å². The largest absolute Gasteiger partial charge is 0.497 e. The number of benzene rings is 1. The van der Waals surface area contributed by atoms with Crippen LogP contribution in [0.1, 0.15) is 36.6 Å². The molecule has 8 heteroatoms. The van der Waals surface area contributed by atoms with E-state index in [-0.39, 0.29) is 11.8 Å². The average Bonchev–Trinajstić information content (AvgIpc) is 3.48. The number of methoxy groups -OCH3 is 1. The average molecular weight is 530 g/mol. The van der Waals surface area contributed by atoms with Gasteiger partial charge < -0.3 is 18.7 Å². The molecule has 0 radical (unpaired) electrons. The maximum absolute atomic E-state index is 12.4. The fraction of sp³-hybridized carbons (Fsp3) is 0.452. The van der Waals surface area contributed by atoms with Gasteiger partial charge in [-0.2, -0.15) is 0 Å². The minimum absolute atomic E-state index is 0.0545. The molecule has 1 aliphatic heterocycles. The van der Waals surface area contributed by atoms with Gasteiger partial charge in [0.15, 0.2) is 0 Å². The zero-order valence-corrected chi connectivity index (χ0v) is 23.7. The van der Waals surface area contributed by atoms with E-state index in [1.807, 2.05) is 44.7 Å². The predicted molar refractivity (Wildman–Crippen MR) is 153 cm³/mol. The molecule has 1 amide bonds. The summed E-state index contributed by atoms with van der Waals surface area (Å²) in [6.07, 6.45) is 1.85. The molecule has 8 nitrogen and oxygen atoms in total. The normalized spacial score (nSPS) is 14.5. The molecule has 0 atom stereocenters. The van der Waals surface area contributed by atoms with Crippen molar-refractivity contribution in [1.82, 2.24) is 24.5 Å². The van der Waals surface area contributed by atoms with Crippen LogP contribution in [-0.4, -0.2) is 70.2 Å². The number of piperazine rings is 1. The van der Waals surface area contributed by atoms with Gasteiger partial charge in [-0.1, -0.05) is 31.1 Å². The highest BCUT2D eigenvalue weighted by Gasteiger charge is 2.23. The molecule has 39 heavy (non-hydrogen) atoms. The highest BCUT2D eigenvalue weighted by Crippen LogP contribution is 2.29. The highest BCUT2D eigenvalue weighted by molar-refractivity contribution is 5.81. The van der Waals surface area contributed by atoms with Gasteiger partial charge in [0, 0.05) is 50.9 Å². The van der Waals surface area contributed by atoms with Gasteiger partial charge in [-0.15, -0.1) is 0 Å². The van der Waals surface area contributed by atoms with Gasteiger partial charge in [0.2, 0.25) is 5.91 Å². The molecule has 206 valence electrons. The Bertz CT molecular complexity index is 1410. The molecule has 1 aromatic carbocycles. The first-order chi connectivity index (χ1) is 18.8.